The number of nitrogens with one attached hydrogen (secondary N) is 1. The molecular formula is C10H15ClN2O. The van der Waals surface area contributed by atoms with Gasteiger partial charge in [-0.15, -0.1) is 12.4 Å². The van der Waals surface area contributed by atoms with Crippen molar-refractivity contribution in [1.82, 2.24) is 10.3 Å². The van der Waals surface area contributed by atoms with E-state index in [1.807, 2.05) is 6.07 Å². The second kappa shape index (κ2) is 5.29. The maximum Gasteiger partial charge on any atom is 0.0699 e. The lowest BCUT2D eigenvalue weighted by Crippen LogP contribution is -2.09. The lowest BCUT2D eigenvalue weighted by molar-refractivity contribution is 0.279. The van der Waals surface area contributed by atoms with E-state index in [0.29, 0.717) is 5.92 Å². The molecule has 1 aromatic heterocycles. The van der Waals surface area contributed by atoms with Gasteiger partial charge < -0.3 is 10.4 Å². The van der Waals surface area contributed by atoms with Gasteiger partial charge in [0, 0.05) is 18.9 Å². The smallest absolute Gasteiger partial charge is 0.0699 e. The van der Waals surface area contributed by atoms with Crippen LogP contribution in [0.2, 0.25) is 0 Å². The van der Waals surface area contributed by atoms with E-state index in [0.717, 1.165) is 25.1 Å². The fourth-order valence-corrected chi connectivity index (χ4v) is 1.89. The minimum absolute atomic E-state index is 0. The molecule has 1 atom stereocenters. The predicted octanol–water partition coefficient (Wildman–Crippen LogP) is 1.07. The maximum atomic E-state index is 9.12. The number of aromatic nitrogens is 1. The molecule has 78 valence electrons. The quantitative estimate of drug-likeness (QED) is 0.775. The van der Waals surface area contributed by atoms with Crippen molar-refractivity contribution in [3.05, 3.63) is 29.6 Å². The Morgan fingerprint density at radius 3 is 3.07 bits per heavy atom. The second-order valence-electron chi connectivity index (χ2n) is 3.42. The first-order valence-electron chi connectivity index (χ1n) is 4.66. The second-order valence-corrected chi connectivity index (χ2v) is 3.42. The predicted molar refractivity (Wildman–Crippen MR) is 57.6 cm³/mol. The Balaban J connectivity index is 0.000000980. The van der Waals surface area contributed by atoms with Crippen molar-refractivity contribution in [1.29, 1.82) is 0 Å². The van der Waals surface area contributed by atoms with Crippen molar-refractivity contribution < 1.29 is 5.11 Å². The van der Waals surface area contributed by atoms with Crippen molar-refractivity contribution in [3.63, 3.8) is 0 Å². The number of aliphatic hydroxyl groups is 1. The van der Waals surface area contributed by atoms with Gasteiger partial charge in [-0.1, -0.05) is 0 Å². The van der Waals surface area contributed by atoms with Gasteiger partial charge in [0.15, 0.2) is 0 Å². The Bertz CT molecular complexity index is 287. The van der Waals surface area contributed by atoms with Crippen LogP contribution < -0.4 is 5.32 Å². The first-order valence-corrected chi connectivity index (χ1v) is 4.66. The highest BCUT2D eigenvalue weighted by atomic mass is 35.5. The normalized spacial score (nSPS) is 20.5. The Morgan fingerprint density at radius 2 is 2.43 bits per heavy atom. The van der Waals surface area contributed by atoms with Crippen LogP contribution in [0.4, 0.5) is 0 Å². The molecular weight excluding hydrogens is 200 g/mol. The molecule has 0 amide bonds. The first-order chi connectivity index (χ1) is 6.42. The van der Waals surface area contributed by atoms with Crippen LogP contribution in [-0.2, 0) is 6.61 Å². The SMILES string of the molecule is Cl.OCc1cnccc1C1CCNC1. The van der Waals surface area contributed by atoms with Gasteiger partial charge in [0.1, 0.15) is 0 Å². The standard InChI is InChI=1S/C10H14N2O.ClH/c13-7-9-6-12-4-2-10(9)8-1-3-11-5-8;/h2,4,6,8,11,13H,1,3,5,7H2;1H. The van der Waals surface area contributed by atoms with E-state index < -0.39 is 0 Å². The van der Waals surface area contributed by atoms with Crippen molar-refractivity contribution in [2.45, 2.75) is 18.9 Å². The van der Waals surface area contributed by atoms with Crippen molar-refractivity contribution in [2.75, 3.05) is 13.1 Å². The molecule has 2 heterocycles. The van der Waals surface area contributed by atoms with Gasteiger partial charge in [-0.25, -0.2) is 0 Å². The van der Waals surface area contributed by atoms with E-state index in [1.54, 1.807) is 12.4 Å². The molecule has 14 heavy (non-hydrogen) atoms. The van der Waals surface area contributed by atoms with Gasteiger partial charge in [-0.2, -0.15) is 0 Å². The number of hydrogen-bond acceptors (Lipinski definition) is 3. The molecule has 4 heteroatoms. The summed E-state index contributed by atoms with van der Waals surface area (Å²) >= 11 is 0. The topological polar surface area (TPSA) is 45.2 Å². The molecule has 1 aliphatic heterocycles. The largest absolute Gasteiger partial charge is 0.392 e. The van der Waals surface area contributed by atoms with Gasteiger partial charge in [-0.05, 0) is 36.1 Å². The number of nitrogens with zero attached hydrogens (tertiary/aromatic N) is 1. The fraction of sp³-hybridized carbons (Fsp3) is 0.500. The number of halogens is 1. The summed E-state index contributed by atoms with van der Waals surface area (Å²) < 4.78 is 0. The van der Waals surface area contributed by atoms with E-state index >= 15 is 0 Å². The maximum absolute atomic E-state index is 9.12. The summed E-state index contributed by atoms with van der Waals surface area (Å²) in [5.74, 6) is 0.560. The summed E-state index contributed by atoms with van der Waals surface area (Å²) in [5.41, 5.74) is 2.22. The number of hydrogen-bond donors (Lipinski definition) is 2. The molecule has 3 nitrogen and oxygen atoms in total. The molecule has 1 aromatic rings. The molecule has 0 aromatic carbocycles. The Kier molecular flexibility index (Phi) is 4.32. The third kappa shape index (κ3) is 2.23. The zero-order valence-electron chi connectivity index (χ0n) is 7.94. The van der Waals surface area contributed by atoms with E-state index in [4.69, 9.17) is 5.11 Å². The molecule has 0 saturated carbocycles. The first kappa shape index (κ1) is 11.4. The van der Waals surface area contributed by atoms with Crippen LogP contribution >= 0.6 is 12.4 Å². The van der Waals surface area contributed by atoms with Crippen molar-refractivity contribution in [3.8, 4) is 0 Å². The minimum atomic E-state index is 0. The molecule has 1 saturated heterocycles. The Labute approximate surface area is 90.0 Å². The molecule has 0 spiro atoms. The zero-order chi connectivity index (χ0) is 9.10. The van der Waals surface area contributed by atoms with E-state index in [2.05, 4.69) is 10.3 Å². The lowest BCUT2D eigenvalue weighted by Gasteiger charge is -2.12. The lowest BCUT2D eigenvalue weighted by atomic mass is 9.95. The van der Waals surface area contributed by atoms with Gasteiger partial charge in [-0.3, -0.25) is 4.98 Å². The Hall–Kier alpha value is -0.640. The molecule has 2 N–H and O–H groups in total. The van der Waals surface area contributed by atoms with Crippen LogP contribution in [0.3, 0.4) is 0 Å². The van der Waals surface area contributed by atoms with E-state index in [-0.39, 0.29) is 19.0 Å². The average Bonchev–Trinajstić information content (AvgIpc) is 2.70. The summed E-state index contributed by atoms with van der Waals surface area (Å²) in [7, 11) is 0. The van der Waals surface area contributed by atoms with Gasteiger partial charge in [0.05, 0.1) is 6.61 Å². The summed E-state index contributed by atoms with van der Waals surface area (Å²) in [6.45, 7) is 2.20. The Morgan fingerprint density at radius 1 is 1.57 bits per heavy atom. The number of aliphatic hydroxyl groups excluding tert-OH is 1. The van der Waals surface area contributed by atoms with Crippen LogP contribution in [-0.4, -0.2) is 23.2 Å². The third-order valence-corrected chi connectivity index (χ3v) is 2.61. The fourth-order valence-electron chi connectivity index (χ4n) is 1.89. The average molecular weight is 215 g/mol. The van der Waals surface area contributed by atoms with Crippen LogP contribution in [0.5, 0.6) is 0 Å². The van der Waals surface area contributed by atoms with Gasteiger partial charge in [0.25, 0.3) is 0 Å². The van der Waals surface area contributed by atoms with Crippen molar-refractivity contribution in [2.24, 2.45) is 0 Å². The van der Waals surface area contributed by atoms with Crippen LogP contribution in [0.15, 0.2) is 18.5 Å². The molecule has 1 unspecified atom stereocenters. The summed E-state index contributed by atoms with van der Waals surface area (Å²) in [5, 5.41) is 12.4. The molecule has 0 aliphatic carbocycles. The molecule has 1 aliphatic rings. The van der Waals surface area contributed by atoms with E-state index in [9.17, 15) is 0 Å². The third-order valence-electron chi connectivity index (χ3n) is 2.61. The highest BCUT2D eigenvalue weighted by molar-refractivity contribution is 5.85. The highest BCUT2D eigenvalue weighted by Crippen LogP contribution is 2.24. The number of pyridine rings is 1. The van der Waals surface area contributed by atoms with Crippen LogP contribution in [0.25, 0.3) is 0 Å². The molecule has 0 radical (unpaired) electrons. The monoisotopic (exact) mass is 214 g/mol. The minimum Gasteiger partial charge on any atom is -0.392 e. The molecule has 0 bridgehead atoms. The van der Waals surface area contributed by atoms with Gasteiger partial charge >= 0.3 is 0 Å². The summed E-state index contributed by atoms with van der Waals surface area (Å²) in [6, 6.07) is 2.02. The zero-order valence-corrected chi connectivity index (χ0v) is 8.76. The van der Waals surface area contributed by atoms with Crippen molar-refractivity contribution >= 4 is 12.4 Å². The molecule has 2 rings (SSSR count). The summed E-state index contributed by atoms with van der Waals surface area (Å²) in [4.78, 5) is 4.01. The van der Waals surface area contributed by atoms with Crippen LogP contribution in [0.1, 0.15) is 23.5 Å². The number of rotatable bonds is 2. The van der Waals surface area contributed by atoms with Crippen LogP contribution in [0, 0.1) is 0 Å². The molecule has 1 fully saturated rings. The highest BCUT2D eigenvalue weighted by Gasteiger charge is 2.18. The van der Waals surface area contributed by atoms with Gasteiger partial charge in [0.2, 0.25) is 0 Å². The van der Waals surface area contributed by atoms with E-state index in [1.165, 1.54) is 5.56 Å². The summed E-state index contributed by atoms with van der Waals surface area (Å²) in [6.07, 6.45) is 4.72.